The van der Waals surface area contributed by atoms with Gasteiger partial charge in [-0.05, 0) is 50.2 Å². The molecule has 0 bridgehead atoms. The van der Waals surface area contributed by atoms with Crippen molar-refractivity contribution < 1.29 is 14.3 Å². The molecule has 21 heavy (non-hydrogen) atoms. The average molecular weight is 292 g/mol. The summed E-state index contributed by atoms with van der Waals surface area (Å²) in [5.74, 6) is -0.193. The van der Waals surface area contributed by atoms with Gasteiger partial charge in [-0.25, -0.2) is 4.39 Å². The highest BCUT2D eigenvalue weighted by Gasteiger charge is 2.34. The Kier molecular flexibility index (Phi) is 4.33. The summed E-state index contributed by atoms with van der Waals surface area (Å²) in [4.78, 5) is 14.7. The molecule has 0 spiro atoms. The Bertz CT molecular complexity index is 498. The molecule has 2 saturated heterocycles. The van der Waals surface area contributed by atoms with Gasteiger partial charge in [0.1, 0.15) is 5.82 Å². The van der Waals surface area contributed by atoms with Crippen molar-refractivity contribution in [3.8, 4) is 0 Å². The zero-order chi connectivity index (χ0) is 14.8. The van der Waals surface area contributed by atoms with Gasteiger partial charge in [0.05, 0.1) is 6.10 Å². The molecule has 1 aromatic rings. The molecule has 0 saturated carbocycles. The van der Waals surface area contributed by atoms with Crippen LogP contribution in [-0.2, 0) is 0 Å². The number of β-amino-alcohol motifs (C(OH)–C–C–N with tert-alkyl or cyclic N) is 1. The summed E-state index contributed by atoms with van der Waals surface area (Å²) in [5, 5.41) is 13.1. The molecule has 2 aliphatic rings. The van der Waals surface area contributed by atoms with Crippen molar-refractivity contribution in [2.24, 2.45) is 5.92 Å². The van der Waals surface area contributed by atoms with Crippen LogP contribution in [0.15, 0.2) is 24.3 Å². The Balaban J connectivity index is 1.58. The van der Waals surface area contributed by atoms with Gasteiger partial charge in [-0.2, -0.15) is 0 Å². The molecule has 5 heteroatoms. The van der Waals surface area contributed by atoms with E-state index >= 15 is 0 Å². The smallest absolute Gasteiger partial charge is 0.166 e. The lowest BCUT2D eigenvalue weighted by atomic mass is 9.88. The third kappa shape index (κ3) is 3.15. The summed E-state index contributed by atoms with van der Waals surface area (Å²) in [5.41, 5.74) is 0.595. The van der Waals surface area contributed by atoms with Gasteiger partial charge in [-0.1, -0.05) is 0 Å². The standard InChI is InChI=1S/C16H21FN2O2/c17-13-3-1-11(2-4-13)16(21)12-5-7-19(8-6-12)14-9-18-10-15(14)20/h1-4,12,14-15,18,20H,5-10H2/t14-,15?/m0/s1. The first-order chi connectivity index (χ1) is 10.1. The minimum atomic E-state index is -0.316. The number of aliphatic hydroxyl groups is 1. The summed E-state index contributed by atoms with van der Waals surface area (Å²) in [6, 6.07) is 5.97. The lowest BCUT2D eigenvalue weighted by molar-refractivity contribution is 0.0539. The van der Waals surface area contributed by atoms with Crippen LogP contribution in [0.5, 0.6) is 0 Å². The fourth-order valence-electron chi connectivity index (χ4n) is 3.37. The summed E-state index contributed by atoms with van der Waals surface area (Å²) >= 11 is 0. The Morgan fingerprint density at radius 1 is 1.19 bits per heavy atom. The molecule has 3 rings (SSSR count). The number of aliphatic hydroxyl groups excluding tert-OH is 1. The van der Waals surface area contributed by atoms with Crippen LogP contribution < -0.4 is 5.32 Å². The number of nitrogens with one attached hydrogen (secondary N) is 1. The van der Waals surface area contributed by atoms with E-state index in [0.29, 0.717) is 12.1 Å². The normalized spacial score (nSPS) is 27.9. The topological polar surface area (TPSA) is 52.6 Å². The second kappa shape index (κ2) is 6.22. The van der Waals surface area contributed by atoms with Gasteiger partial charge >= 0.3 is 0 Å². The molecule has 1 unspecified atom stereocenters. The van der Waals surface area contributed by atoms with Gasteiger partial charge in [-0.15, -0.1) is 0 Å². The lowest BCUT2D eigenvalue weighted by Gasteiger charge is -2.36. The molecule has 1 aromatic carbocycles. The van der Waals surface area contributed by atoms with Crippen LogP contribution in [0.4, 0.5) is 4.39 Å². The number of rotatable bonds is 3. The number of carbonyl (C=O) groups excluding carboxylic acids is 1. The minimum Gasteiger partial charge on any atom is -0.390 e. The lowest BCUT2D eigenvalue weighted by Crippen LogP contribution is -2.48. The van der Waals surface area contributed by atoms with E-state index in [-0.39, 0.29) is 29.7 Å². The summed E-state index contributed by atoms with van der Waals surface area (Å²) in [7, 11) is 0. The first-order valence-electron chi connectivity index (χ1n) is 7.58. The number of Topliss-reactive ketones (excluding diaryl/α,β-unsaturated/α-hetero) is 1. The second-order valence-corrected chi connectivity index (χ2v) is 5.97. The van der Waals surface area contributed by atoms with Gasteiger partial charge < -0.3 is 10.4 Å². The molecule has 114 valence electrons. The van der Waals surface area contributed by atoms with Gasteiger partial charge in [0.2, 0.25) is 0 Å². The Morgan fingerprint density at radius 3 is 2.43 bits per heavy atom. The number of piperidine rings is 1. The minimum absolute atomic E-state index is 0.0122. The number of likely N-dealkylation sites (tertiary alicyclic amines) is 1. The van der Waals surface area contributed by atoms with Crippen LogP contribution >= 0.6 is 0 Å². The molecule has 2 fully saturated rings. The zero-order valence-corrected chi connectivity index (χ0v) is 12.0. The molecule has 2 N–H and O–H groups in total. The van der Waals surface area contributed by atoms with Crippen LogP contribution in [0.25, 0.3) is 0 Å². The van der Waals surface area contributed by atoms with E-state index in [4.69, 9.17) is 0 Å². The highest BCUT2D eigenvalue weighted by Crippen LogP contribution is 2.24. The Labute approximate surface area is 124 Å². The van der Waals surface area contributed by atoms with E-state index in [1.807, 2.05) is 0 Å². The van der Waals surface area contributed by atoms with E-state index in [1.165, 1.54) is 12.1 Å². The van der Waals surface area contributed by atoms with Crippen LogP contribution in [0.2, 0.25) is 0 Å². The summed E-state index contributed by atoms with van der Waals surface area (Å²) in [6.45, 7) is 3.14. The van der Waals surface area contributed by atoms with E-state index in [1.54, 1.807) is 12.1 Å². The Hall–Kier alpha value is -1.30. The first-order valence-corrected chi connectivity index (χ1v) is 7.58. The molecule has 4 nitrogen and oxygen atoms in total. The SMILES string of the molecule is O=C(c1ccc(F)cc1)C1CCN([C@H]2CNCC2O)CC1. The fraction of sp³-hybridized carbons (Fsp3) is 0.562. The van der Waals surface area contributed by atoms with Crippen LogP contribution in [0.3, 0.4) is 0 Å². The molecule has 0 radical (unpaired) electrons. The maximum absolute atomic E-state index is 12.9. The maximum Gasteiger partial charge on any atom is 0.166 e. The van der Waals surface area contributed by atoms with E-state index < -0.39 is 0 Å². The third-order valence-electron chi connectivity index (χ3n) is 4.65. The maximum atomic E-state index is 12.9. The van der Waals surface area contributed by atoms with Crippen molar-refractivity contribution in [2.45, 2.75) is 25.0 Å². The number of hydrogen-bond donors (Lipinski definition) is 2. The highest BCUT2D eigenvalue weighted by atomic mass is 19.1. The molecule has 2 aliphatic heterocycles. The van der Waals surface area contributed by atoms with Crippen molar-refractivity contribution in [1.82, 2.24) is 10.2 Å². The van der Waals surface area contributed by atoms with E-state index in [2.05, 4.69) is 10.2 Å². The van der Waals surface area contributed by atoms with Gasteiger partial charge in [0, 0.05) is 30.6 Å². The van der Waals surface area contributed by atoms with Crippen molar-refractivity contribution >= 4 is 5.78 Å². The predicted octanol–water partition coefficient (Wildman–Crippen LogP) is 1.05. The third-order valence-corrected chi connectivity index (χ3v) is 4.65. The monoisotopic (exact) mass is 292 g/mol. The number of halogens is 1. The number of nitrogens with zero attached hydrogens (tertiary/aromatic N) is 1. The van der Waals surface area contributed by atoms with Crippen molar-refractivity contribution in [3.63, 3.8) is 0 Å². The molecule has 0 amide bonds. The molecular formula is C16H21FN2O2. The largest absolute Gasteiger partial charge is 0.390 e. The molecule has 2 heterocycles. The van der Waals surface area contributed by atoms with Crippen LogP contribution in [0.1, 0.15) is 23.2 Å². The zero-order valence-electron chi connectivity index (χ0n) is 12.0. The van der Waals surface area contributed by atoms with Gasteiger partial charge in [0.25, 0.3) is 0 Å². The Morgan fingerprint density at radius 2 is 1.86 bits per heavy atom. The fourth-order valence-corrected chi connectivity index (χ4v) is 3.37. The predicted molar refractivity (Wildman–Crippen MR) is 77.7 cm³/mol. The summed E-state index contributed by atoms with van der Waals surface area (Å²) < 4.78 is 12.9. The number of carbonyl (C=O) groups is 1. The van der Waals surface area contributed by atoms with Crippen molar-refractivity contribution in [1.29, 1.82) is 0 Å². The quantitative estimate of drug-likeness (QED) is 0.818. The summed E-state index contributed by atoms with van der Waals surface area (Å²) in [6.07, 6.45) is 1.30. The van der Waals surface area contributed by atoms with E-state index in [9.17, 15) is 14.3 Å². The number of benzene rings is 1. The van der Waals surface area contributed by atoms with Crippen LogP contribution in [-0.4, -0.2) is 54.1 Å². The van der Waals surface area contributed by atoms with Crippen molar-refractivity contribution in [3.05, 3.63) is 35.6 Å². The van der Waals surface area contributed by atoms with Crippen molar-refractivity contribution in [2.75, 3.05) is 26.2 Å². The van der Waals surface area contributed by atoms with E-state index in [0.717, 1.165) is 32.5 Å². The molecule has 2 atom stereocenters. The molecular weight excluding hydrogens is 271 g/mol. The number of ketones is 1. The van der Waals surface area contributed by atoms with Crippen LogP contribution in [0, 0.1) is 11.7 Å². The molecule has 0 aliphatic carbocycles. The highest BCUT2D eigenvalue weighted by molar-refractivity contribution is 5.97. The second-order valence-electron chi connectivity index (χ2n) is 5.97. The average Bonchev–Trinajstić information content (AvgIpc) is 2.94. The molecule has 0 aromatic heterocycles. The number of hydrogen-bond acceptors (Lipinski definition) is 4. The van der Waals surface area contributed by atoms with Gasteiger partial charge in [-0.3, -0.25) is 9.69 Å². The van der Waals surface area contributed by atoms with Gasteiger partial charge in [0.15, 0.2) is 5.78 Å². The first kappa shape index (κ1) is 14.6.